The molecule has 1 aliphatic heterocycles. The van der Waals surface area contributed by atoms with E-state index in [1.54, 1.807) is 6.07 Å². The van der Waals surface area contributed by atoms with E-state index in [1.807, 2.05) is 0 Å². The summed E-state index contributed by atoms with van der Waals surface area (Å²) in [5, 5.41) is 9.19. The SMILES string of the molecule is Nc1ccc(F)cc1CN1CCCC1CO. The molecule has 16 heavy (non-hydrogen) atoms. The summed E-state index contributed by atoms with van der Waals surface area (Å²) in [5.74, 6) is -0.260. The first-order valence-corrected chi connectivity index (χ1v) is 5.59. The van der Waals surface area contributed by atoms with Crippen molar-refractivity contribution in [2.45, 2.75) is 25.4 Å². The molecule has 1 aromatic rings. The van der Waals surface area contributed by atoms with Crippen LogP contribution in [-0.2, 0) is 6.54 Å². The minimum Gasteiger partial charge on any atom is -0.398 e. The van der Waals surface area contributed by atoms with Crippen molar-refractivity contribution in [3.05, 3.63) is 29.6 Å². The van der Waals surface area contributed by atoms with E-state index in [4.69, 9.17) is 5.73 Å². The van der Waals surface area contributed by atoms with Crippen LogP contribution in [0, 0.1) is 5.82 Å². The molecule has 0 radical (unpaired) electrons. The van der Waals surface area contributed by atoms with Gasteiger partial charge in [0, 0.05) is 18.3 Å². The monoisotopic (exact) mass is 224 g/mol. The maximum Gasteiger partial charge on any atom is 0.123 e. The Hall–Kier alpha value is -1.13. The van der Waals surface area contributed by atoms with Crippen LogP contribution in [0.5, 0.6) is 0 Å². The van der Waals surface area contributed by atoms with Gasteiger partial charge in [-0.3, -0.25) is 4.90 Å². The lowest BCUT2D eigenvalue weighted by atomic mass is 10.1. The average molecular weight is 224 g/mol. The van der Waals surface area contributed by atoms with Crippen LogP contribution in [0.4, 0.5) is 10.1 Å². The topological polar surface area (TPSA) is 49.5 Å². The molecular formula is C12H17FN2O. The maximum atomic E-state index is 13.1. The fraction of sp³-hybridized carbons (Fsp3) is 0.500. The molecule has 0 spiro atoms. The summed E-state index contributed by atoms with van der Waals surface area (Å²) in [6.07, 6.45) is 2.09. The summed E-state index contributed by atoms with van der Waals surface area (Å²) in [7, 11) is 0. The van der Waals surface area contributed by atoms with Crippen molar-refractivity contribution in [1.29, 1.82) is 0 Å². The number of hydrogen-bond acceptors (Lipinski definition) is 3. The highest BCUT2D eigenvalue weighted by molar-refractivity contribution is 5.46. The van der Waals surface area contributed by atoms with E-state index < -0.39 is 0 Å². The summed E-state index contributed by atoms with van der Waals surface area (Å²) < 4.78 is 13.1. The van der Waals surface area contributed by atoms with Gasteiger partial charge in [0.1, 0.15) is 5.82 Å². The predicted molar refractivity (Wildman–Crippen MR) is 61.3 cm³/mol. The Morgan fingerprint density at radius 1 is 1.50 bits per heavy atom. The van der Waals surface area contributed by atoms with Crippen LogP contribution >= 0.6 is 0 Å². The number of rotatable bonds is 3. The van der Waals surface area contributed by atoms with Crippen molar-refractivity contribution in [2.75, 3.05) is 18.9 Å². The summed E-state index contributed by atoms with van der Waals surface area (Å²) in [5.41, 5.74) is 7.22. The lowest BCUT2D eigenvalue weighted by molar-refractivity contribution is 0.153. The minimum atomic E-state index is -0.260. The quantitative estimate of drug-likeness (QED) is 0.762. The van der Waals surface area contributed by atoms with Gasteiger partial charge in [-0.25, -0.2) is 4.39 Å². The number of nitrogens with two attached hydrogens (primary N) is 1. The van der Waals surface area contributed by atoms with E-state index in [9.17, 15) is 9.50 Å². The number of likely N-dealkylation sites (tertiary alicyclic amines) is 1. The summed E-state index contributed by atoms with van der Waals surface area (Å²) in [6, 6.07) is 4.63. The minimum absolute atomic E-state index is 0.162. The molecule has 0 bridgehead atoms. The van der Waals surface area contributed by atoms with Gasteiger partial charge in [-0.05, 0) is 43.1 Å². The van der Waals surface area contributed by atoms with Crippen LogP contribution in [-0.4, -0.2) is 29.2 Å². The number of nitrogen functional groups attached to an aromatic ring is 1. The molecule has 1 saturated heterocycles. The standard InChI is InChI=1S/C12H17FN2O/c13-10-3-4-12(14)9(6-10)7-15-5-1-2-11(15)8-16/h3-4,6,11,16H,1-2,5,7-8,14H2. The van der Waals surface area contributed by atoms with Crippen LogP contribution in [0.3, 0.4) is 0 Å². The van der Waals surface area contributed by atoms with Crippen molar-refractivity contribution in [1.82, 2.24) is 4.90 Å². The Bertz CT molecular complexity index is 370. The fourth-order valence-corrected chi connectivity index (χ4v) is 2.24. The Kier molecular flexibility index (Phi) is 3.41. The van der Waals surface area contributed by atoms with E-state index in [-0.39, 0.29) is 18.5 Å². The highest BCUT2D eigenvalue weighted by Crippen LogP contribution is 2.22. The molecule has 1 heterocycles. The third kappa shape index (κ3) is 2.33. The number of hydrogen-bond donors (Lipinski definition) is 2. The largest absolute Gasteiger partial charge is 0.398 e. The van der Waals surface area contributed by atoms with Gasteiger partial charge in [0.25, 0.3) is 0 Å². The van der Waals surface area contributed by atoms with Crippen LogP contribution in [0.15, 0.2) is 18.2 Å². The Balaban J connectivity index is 2.11. The van der Waals surface area contributed by atoms with E-state index in [0.29, 0.717) is 12.2 Å². The lowest BCUT2D eigenvalue weighted by Gasteiger charge is -2.23. The first kappa shape index (κ1) is 11.4. The second kappa shape index (κ2) is 4.80. The molecule has 4 heteroatoms. The van der Waals surface area contributed by atoms with Gasteiger partial charge in [-0.1, -0.05) is 0 Å². The molecule has 1 fully saturated rings. The summed E-state index contributed by atoms with van der Waals surface area (Å²) >= 11 is 0. The second-order valence-electron chi connectivity index (χ2n) is 4.29. The molecule has 0 saturated carbocycles. The van der Waals surface area contributed by atoms with Gasteiger partial charge in [0.2, 0.25) is 0 Å². The second-order valence-corrected chi connectivity index (χ2v) is 4.29. The first-order valence-electron chi connectivity index (χ1n) is 5.59. The smallest absolute Gasteiger partial charge is 0.123 e. The molecule has 2 rings (SSSR count). The maximum absolute atomic E-state index is 13.1. The van der Waals surface area contributed by atoms with E-state index in [1.165, 1.54) is 12.1 Å². The molecule has 0 aromatic heterocycles. The van der Waals surface area contributed by atoms with E-state index in [0.717, 1.165) is 24.9 Å². The summed E-state index contributed by atoms with van der Waals surface area (Å²) in [4.78, 5) is 2.16. The molecule has 1 aromatic carbocycles. The van der Waals surface area contributed by atoms with E-state index >= 15 is 0 Å². The fourth-order valence-electron chi connectivity index (χ4n) is 2.24. The highest BCUT2D eigenvalue weighted by atomic mass is 19.1. The third-order valence-electron chi connectivity index (χ3n) is 3.19. The number of anilines is 1. The Labute approximate surface area is 94.7 Å². The van der Waals surface area contributed by atoms with Crippen molar-refractivity contribution in [3.63, 3.8) is 0 Å². The molecule has 1 aliphatic rings. The molecule has 0 aliphatic carbocycles. The van der Waals surface area contributed by atoms with Gasteiger partial charge < -0.3 is 10.8 Å². The van der Waals surface area contributed by atoms with Crippen molar-refractivity contribution in [2.24, 2.45) is 0 Å². The highest BCUT2D eigenvalue weighted by Gasteiger charge is 2.24. The molecule has 3 N–H and O–H groups in total. The number of nitrogens with zero attached hydrogens (tertiary/aromatic N) is 1. The predicted octanol–water partition coefficient (Wildman–Crippen LogP) is 1.36. The molecule has 88 valence electrons. The van der Waals surface area contributed by atoms with E-state index in [2.05, 4.69) is 4.90 Å². The number of halogens is 1. The lowest BCUT2D eigenvalue weighted by Crippen LogP contribution is -2.31. The Morgan fingerprint density at radius 3 is 3.06 bits per heavy atom. The van der Waals surface area contributed by atoms with Gasteiger partial charge in [0.15, 0.2) is 0 Å². The van der Waals surface area contributed by atoms with Crippen molar-refractivity contribution in [3.8, 4) is 0 Å². The zero-order chi connectivity index (χ0) is 11.5. The molecule has 3 nitrogen and oxygen atoms in total. The number of benzene rings is 1. The van der Waals surface area contributed by atoms with Crippen LogP contribution in [0.25, 0.3) is 0 Å². The van der Waals surface area contributed by atoms with Crippen molar-refractivity contribution >= 4 is 5.69 Å². The van der Waals surface area contributed by atoms with Gasteiger partial charge in [0.05, 0.1) is 6.61 Å². The number of aliphatic hydroxyl groups is 1. The molecule has 1 atom stereocenters. The average Bonchev–Trinajstić information content (AvgIpc) is 2.71. The third-order valence-corrected chi connectivity index (χ3v) is 3.19. The van der Waals surface area contributed by atoms with Crippen LogP contribution < -0.4 is 5.73 Å². The van der Waals surface area contributed by atoms with Gasteiger partial charge in [-0.15, -0.1) is 0 Å². The Morgan fingerprint density at radius 2 is 2.31 bits per heavy atom. The molecule has 0 amide bonds. The van der Waals surface area contributed by atoms with Crippen molar-refractivity contribution < 1.29 is 9.50 Å². The summed E-state index contributed by atoms with van der Waals surface area (Å²) in [6.45, 7) is 1.73. The van der Waals surface area contributed by atoms with Gasteiger partial charge >= 0.3 is 0 Å². The first-order chi connectivity index (χ1) is 7.70. The molecule has 1 unspecified atom stereocenters. The zero-order valence-electron chi connectivity index (χ0n) is 9.19. The number of aliphatic hydroxyl groups excluding tert-OH is 1. The van der Waals surface area contributed by atoms with Gasteiger partial charge in [-0.2, -0.15) is 0 Å². The van der Waals surface area contributed by atoms with Crippen LogP contribution in [0.2, 0.25) is 0 Å². The zero-order valence-corrected chi connectivity index (χ0v) is 9.19. The molecular weight excluding hydrogens is 207 g/mol. The van der Waals surface area contributed by atoms with Crippen LogP contribution in [0.1, 0.15) is 18.4 Å². The normalized spacial score (nSPS) is 21.5.